The lowest BCUT2D eigenvalue weighted by Gasteiger charge is -2.27. The molecule has 5 N–H and O–H groups in total. The van der Waals surface area contributed by atoms with Crippen molar-refractivity contribution >= 4 is 17.6 Å². The molecule has 0 spiro atoms. The molecule has 2 aromatic rings. The van der Waals surface area contributed by atoms with Gasteiger partial charge in [0.2, 0.25) is 5.91 Å². The first kappa shape index (κ1) is 20.1. The average Bonchev–Trinajstić information content (AvgIpc) is 2.59. The minimum atomic E-state index is -2.24. The molecule has 0 bridgehead atoms. The summed E-state index contributed by atoms with van der Waals surface area (Å²) in [5, 5.41) is 2.35. The van der Waals surface area contributed by atoms with Crippen LogP contribution in [0.3, 0.4) is 0 Å². The van der Waals surface area contributed by atoms with Gasteiger partial charge in [0.05, 0.1) is 18.2 Å². The van der Waals surface area contributed by atoms with Crippen LogP contribution in [0.4, 0.5) is 8.78 Å². The molecule has 0 aliphatic rings. The summed E-state index contributed by atoms with van der Waals surface area (Å²) in [7, 11) is 0. The Morgan fingerprint density at radius 3 is 2.33 bits per heavy atom. The van der Waals surface area contributed by atoms with Crippen molar-refractivity contribution in [1.29, 1.82) is 0 Å². The highest BCUT2D eigenvalue weighted by atomic mass is 19.1. The molecule has 27 heavy (non-hydrogen) atoms. The highest BCUT2D eigenvalue weighted by molar-refractivity contribution is 6.12. The van der Waals surface area contributed by atoms with Crippen molar-refractivity contribution in [2.45, 2.75) is 24.9 Å². The van der Waals surface area contributed by atoms with E-state index in [9.17, 15) is 23.2 Å². The van der Waals surface area contributed by atoms with Gasteiger partial charge in [0.1, 0.15) is 11.6 Å². The van der Waals surface area contributed by atoms with Gasteiger partial charge in [0, 0.05) is 12.3 Å². The van der Waals surface area contributed by atoms with Gasteiger partial charge in [0.15, 0.2) is 11.3 Å². The number of amides is 2. The molecule has 2 amide bonds. The Balaban J connectivity index is 2.15. The number of primary amides is 1. The van der Waals surface area contributed by atoms with Crippen molar-refractivity contribution in [3.05, 3.63) is 65.5 Å². The van der Waals surface area contributed by atoms with Crippen LogP contribution in [-0.4, -0.2) is 28.6 Å². The third-order valence-electron chi connectivity index (χ3n) is 3.90. The second-order valence-corrected chi connectivity index (χ2v) is 6.00. The number of carbonyl (C=O) groups excluding carboxylic acids is 3. The van der Waals surface area contributed by atoms with E-state index in [1.165, 1.54) is 25.3 Å². The molecule has 142 valence electrons. The molecule has 0 aliphatic heterocycles. The summed E-state index contributed by atoms with van der Waals surface area (Å²) in [6.07, 6.45) is 0.971. The van der Waals surface area contributed by atoms with Crippen LogP contribution in [0.2, 0.25) is 0 Å². The van der Waals surface area contributed by atoms with E-state index < -0.39 is 40.8 Å². The number of nitrogens with one attached hydrogen (secondary N) is 1. The van der Waals surface area contributed by atoms with Crippen LogP contribution in [0, 0.1) is 11.6 Å². The Morgan fingerprint density at radius 2 is 1.81 bits per heavy atom. The first-order valence-corrected chi connectivity index (χ1v) is 7.93. The number of rotatable bonds is 7. The Bertz CT molecular complexity index is 856. The van der Waals surface area contributed by atoms with Gasteiger partial charge in [0.25, 0.3) is 5.91 Å². The lowest BCUT2D eigenvalue weighted by Crippen LogP contribution is -2.61. The minimum Gasteiger partial charge on any atom is -0.367 e. The SMILES string of the molecule is C[C@H](NC(=O)Cc1cc(F)cc(F)c1)C(=O)C(N)(C(N)=O)c1ccccn1. The van der Waals surface area contributed by atoms with Crippen molar-refractivity contribution in [1.82, 2.24) is 10.3 Å². The van der Waals surface area contributed by atoms with Crippen LogP contribution in [-0.2, 0) is 26.3 Å². The average molecular weight is 376 g/mol. The Labute approximate surface area is 153 Å². The molecule has 1 heterocycles. The van der Waals surface area contributed by atoms with Gasteiger partial charge in [-0.15, -0.1) is 0 Å². The topological polar surface area (TPSA) is 128 Å². The Kier molecular flexibility index (Phi) is 5.96. The van der Waals surface area contributed by atoms with Crippen LogP contribution < -0.4 is 16.8 Å². The van der Waals surface area contributed by atoms with E-state index in [0.29, 0.717) is 6.07 Å². The smallest absolute Gasteiger partial charge is 0.251 e. The molecular formula is C18H18F2N4O3. The molecule has 7 nitrogen and oxygen atoms in total. The van der Waals surface area contributed by atoms with Crippen LogP contribution in [0.25, 0.3) is 0 Å². The van der Waals surface area contributed by atoms with Crippen molar-refractivity contribution in [3.8, 4) is 0 Å². The Hall–Kier alpha value is -3.20. The molecule has 0 aliphatic carbocycles. The van der Waals surface area contributed by atoms with Gasteiger partial charge < -0.3 is 16.8 Å². The largest absolute Gasteiger partial charge is 0.367 e. The van der Waals surface area contributed by atoms with Gasteiger partial charge in [-0.05, 0) is 36.8 Å². The van der Waals surface area contributed by atoms with Crippen LogP contribution >= 0.6 is 0 Å². The highest BCUT2D eigenvalue weighted by Gasteiger charge is 2.45. The summed E-state index contributed by atoms with van der Waals surface area (Å²) in [6.45, 7) is 1.32. The molecule has 0 saturated carbocycles. The predicted octanol–water partition coefficient (Wildman–Crippen LogP) is 0.316. The van der Waals surface area contributed by atoms with E-state index >= 15 is 0 Å². The second-order valence-electron chi connectivity index (χ2n) is 6.00. The molecule has 0 fully saturated rings. The highest BCUT2D eigenvalue weighted by Crippen LogP contribution is 2.19. The summed E-state index contributed by atoms with van der Waals surface area (Å²) in [5.41, 5.74) is 9.04. The third kappa shape index (κ3) is 4.50. The number of halogens is 2. The standard InChI is InChI=1S/C18H18F2N4O3/c1-10(24-15(25)8-11-6-12(19)9-13(20)7-11)16(26)18(22,17(21)27)14-4-2-3-5-23-14/h2-7,9-10H,8,22H2,1H3,(H2,21,27)(H,24,25)/t10-,18?/m0/s1. The molecule has 1 aromatic carbocycles. The molecule has 2 atom stereocenters. The zero-order valence-corrected chi connectivity index (χ0v) is 14.4. The number of nitrogens with zero attached hydrogens (tertiary/aromatic N) is 1. The van der Waals surface area contributed by atoms with Crippen molar-refractivity contribution < 1.29 is 23.2 Å². The normalized spacial score (nSPS) is 14.1. The summed E-state index contributed by atoms with van der Waals surface area (Å²) in [5.74, 6) is -4.33. The molecule has 0 saturated heterocycles. The molecule has 9 heteroatoms. The lowest BCUT2D eigenvalue weighted by molar-refractivity contribution is -0.137. The van der Waals surface area contributed by atoms with Gasteiger partial charge in [-0.1, -0.05) is 6.07 Å². The van der Waals surface area contributed by atoms with E-state index in [4.69, 9.17) is 11.5 Å². The monoisotopic (exact) mass is 376 g/mol. The summed E-state index contributed by atoms with van der Waals surface area (Å²) < 4.78 is 26.4. The van der Waals surface area contributed by atoms with Crippen molar-refractivity contribution in [2.75, 3.05) is 0 Å². The number of pyridine rings is 1. The predicted molar refractivity (Wildman–Crippen MR) is 92.0 cm³/mol. The molecular weight excluding hydrogens is 358 g/mol. The van der Waals surface area contributed by atoms with Crippen LogP contribution in [0.1, 0.15) is 18.2 Å². The fourth-order valence-electron chi connectivity index (χ4n) is 2.57. The summed E-state index contributed by atoms with van der Waals surface area (Å²) in [4.78, 5) is 40.6. The third-order valence-corrected chi connectivity index (χ3v) is 3.90. The first-order chi connectivity index (χ1) is 12.6. The maximum absolute atomic E-state index is 13.2. The van der Waals surface area contributed by atoms with E-state index in [2.05, 4.69) is 10.3 Å². The maximum Gasteiger partial charge on any atom is 0.251 e. The first-order valence-electron chi connectivity index (χ1n) is 7.93. The molecule has 1 aromatic heterocycles. The van der Waals surface area contributed by atoms with Gasteiger partial charge in [-0.2, -0.15) is 0 Å². The number of ketones is 1. The molecule has 0 radical (unpaired) electrons. The van der Waals surface area contributed by atoms with Crippen LogP contribution in [0.5, 0.6) is 0 Å². The number of aromatic nitrogens is 1. The fraction of sp³-hybridized carbons (Fsp3) is 0.222. The number of Topliss-reactive ketones (excluding diaryl/α,β-unsaturated/α-hetero) is 1. The zero-order valence-electron chi connectivity index (χ0n) is 14.4. The van der Waals surface area contributed by atoms with E-state index in [1.807, 2.05) is 0 Å². The van der Waals surface area contributed by atoms with Crippen molar-refractivity contribution in [3.63, 3.8) is 0 Å². The van der Waals surface area contributed by atoms with E-state index in [0.717, 1.165) is 12.1 Å². The quantitative estimate of drug-likeness (QED) is 0.600. The molecule has 1 unspecified atom stereocenters. The summed E-state index contributed by atoms with van der Waals surface area (Å²) in [6, 6.07) is 5.94. The second kappa shape index (κ2) is 8.00. The fourth-order valence-corrected chi connectivity index (χ4v) is 2.57. The van der Waals surface area contributed by atoms with Crippen LogP contribution in [0.15, 0.2) is 42.6 Å². The van der Waals surface area contributed by atoms with E-state index in [1.54, 1.807) is 6.07 Å². The minimum absolute atomic E-state index is 0.0594. The van der Waals surface area contributed by atoms with Gasteiger partial charge >= 0.3 is 0 Å². The molecule has 2 rings (SSSR count). The van der Waals surface area contributed by atoms with E-state index in [-0.39, 0.29) is 17.7 Å². The Morgan fingerprint density at radius 1 is 1.19 bits per heavy atom. The zero-order chi connectivity index (χ0) is 20.2. The van der Waals surface area contributed by atoms with Crippen molar-refractivity contribution in [2.24, 2.45) is 11.5 Å². The maximum atomic E-state index is 13.2. The number of hydrogen-bond acceptors (Lipinski definition) is 5. The number of hydrogen-bond donors (Lipinski definition) is 3. The van der Waals surface area contributed by atoms with Gasteiger partial charge in [-0.25, -0.2) is 8.78 Å². The summed E-state index contributed by atoms with van der Waals surface area (Å²) >= 11 is 0. The number of nitrogens with two attached hydrogens (primary N) is 2. The number of benzene rings is 1. The van der Waals surface area contributed by atoms with Gasteiger partial charge in [-0.3, -0.25) is 19.4 Å². The lowest BCUT2D eigenvalue weighted by atomic mass is 9.86. The number of carbonyl (C=O) groups is 3.